The smallest absolute Gasteiger partial charge is 0.248 e. The number of H-pyrrole nitrogens is 1. The predicted molar refractivity (Wildman–Crippen MR) is 138 cm³/mol. The molecule has 1 aliphatic heterocycles. The van der Waals surface area contributed by atoms with Crippen molar-refractivity contribution in [3.05, 3.63) is 52.3 Å². The third kappa shape index (κ3) is 5.37. The van der Waals surface area contributed by atoms with Crippen LogP contribution in [0, 0.1) is 16.7 Å². The first-order valence-electron chi connectivity index (χ1n) is 13.0. The lowest BCUT2D eigenvalue weighted by Gasteiger charge is -2.46. The van der Waals surface area contributed by atoms with Crippen LogP contribution in [-0.4, -0.2) is 42.6 Å². The summed E-state index contributed by atoms with van der Waals surface area (Å²) < 4.78 is 0. The van der Waals surface area contributed by atoms with E-state index in [1.165, 1.54) is 63.0 Å². The number of rotatable bonds is 5. The molecular weight excluding hydrogens is 406 g/mol. The van der Waals surface area contributed by atoms with Crippen molar-refractivity contribution in [2.24, 2.45) is 16.7 Å². The van der Waals surface area contributed by atoms with Gasteiger partial charge in [0.2, 0.25) is 5.56 Å². The molecule has 1 saturated heterocycles. The van der Waals surface area contributed by atoms with Gasteiger partial charge in [0.1, 0.15) is 0 Å². The largest absolute Gasteiger partial charge is 0.369 e. The van der Waals surface area contributed by atoms with Crippen LogP contribution in [-0.2, 0) is 0 Å². The quantitative estimate of drug-likeness (QED) is 0.621. The molecule has 0 radical (unpaired) electrons. The number of piperazine rings is 1. The third-order valence-electron chi connectivity index (χ3n) is 8.03. The maximum Gasteiger partial charge on any atom is 0.248 e. The summed E-state index contributed by atoms with van der Waals surface area (Å²) in [5.41, 5.74) is 5.58. The molecule has 3 fully saturated rings. The Morgan fingerprint density at radius 3 is 2.27 bits per heavy atom. The van der Waals surface area contributed by atoms with E-state index < -0.39 is 0 Å². The normalized spacial score (nSPS) is 23.6. The number of nitrogens with one attached hydrogen (secondary N) is 1. The molecule has 4 heteroatoms. The molecule has 0 unspecified atom stereocenters. The van der Waals surface area contributed by atoms with Crippen molar-refractivity contribution < 1.29 is 0 Å². The van der Waals surface area contributed by atoms with Crippen LogP contribution in [0.25, 0.3) is 11.3 Å². The van der Waals surface area contributed by atoms with Crippen molar-refractivity contribution in [1.82, 2.24) is 9.88 Å². The molecule has 1 N–H and O–H groups in total. The highest BCUT2D eigenvalue weighted by atomic mass is 16.1. The van der Waals surface area contributed by atoms with E-state index >= 15 is 0 Å². The first-order chi connectivity index (χ1) is 15.7. The minimum Gasteiger partial charge on any atom is -0.369 e. The minimum absolute atomic E-state index is 0.0372. The fourth-order valence-electron chi connectivity index (χ4n) is 6.86. The molecule has 2 saturated carbocycles. The van der Waals surface area contributed by atoms with E-state index in [0.717, 1.165) is 30.3 Å². The van der Waals surface area contributed by atoms with Crippen molar-refractivity contribution in [2.45, 2.75) is 65.7 Å². The van der Waals surface area contributed by atoms with Crippen LogP contribution in [0.4, 0.5) is 5.69 Å². The Morgan fingerprint density at radius 1 is 0.939 bits per heavy atom. The van der Waals surface area contributed by atoms with Gasteiger partial charge in [-0.05, 0) is 84.1 Å². The number of pyridine rings is 1. The first kappa shape index (κ1) is 22.7. The van der Waals surface area contributed by atoms with Crippen LogP contribution in [0.5, 0.6) is 0 Å². The lowest BCUT2D eigenvalue weighted by Crippen LogP contribution is -2.47. The van der Waals surface area contributed by atoms with Crippen molar-refractivity contribution in [3.8, 4) is 11.3 Å². The number of nitrogens with zero attached hydrogens (tertiary/aromatic N) is 2. The molecule has 2 aliphatic carbocycles. The maximum atomic E-state index is 12.0. The summed E-state index contributed by atoms with van der Waals surface area (Å²) in [5.74, 6) is 1.50. The van der Waals surface area contributed by atoms with Gasteiger partial charge in [-0.25, -0.2) is 0 Å². The zero-order valence-electron chi connectivity index (χ0n) is 21.0. The molecule has 0 atom stereocenters. The monoisotopic (exact) mass is 447 g/mol. The molecule has 1 aromatic heterocycles. The summed E-state index contributed by atoms with van der Waals surface area (Å²) in [6.07, 6.45) is 6.58. The highest BCUT2D eigenvalue weighted by Gasteiger charge is 2.40. The Hall–Kier alpha value is -2.07. The summed E-state index contributed by atoms with van der Waals surface area (Å²) in [7, 11) is 0. The van der Waals surface area contributed by atoms with Gasteiger partial charge in [-0.15, -0.1) is 0 Å². The van der Waals surface area contributed by atoms with E-state index in [1.807, 2.05) is 12.1 Å². The van der Waals surface area contributed by atoms with Gasteiger partial charge in [-0.2, -0.15) is 0 Å². The Morgan fingerprint density at radius 2 is 1.64 bits per heavy atom. The Labute approximate surface area is 199 Å². The molecule has 0 amide bonds. The second-order valence-electron chi connectivity index (χ2n) is 12.5. The molecule has 3 aliphatic rings. The van der Waals surface area contributed by atoms with Gasteiger partial charge >= 0.3 is 0 Å². The summed E-state index contributed by atoms with van der Waals surface area (Å²) >= 11 is 0. The standard InChI is InChI=1S/C29H41N3O/c1-28(2)17-23(18-29(3,4)20-28)24-16-22(25-6-5-7-27(33)30-25)10-11-26(24)32-14-12-31(13-15-32)19-21-8-9-21/h5-7,10-11,16,21,23H,8-9,12-15,17-20H2,1-4H3,(H,30,33). The Balaban J connectivity index is 1.48. The summed E-state index contributed by atoms with van der Waals surface area (Å²) in [6.45, 7) is 15.6. The molecule has 1 aromatic carbocycles. The van der Waals surface area contributed by atoms with E-state index in [2.05, 4.69) is 60.7 Å². The lowest BCUT2D eigenvalue weighted by atomic mass is 9.60. The maximum absolute atomic E-state index is 12.0. The van der Waals surface area contributed by atoms with Crippen LogP contribution in [0.1, 0.15) is 71.3 Å². The zero-order valence-corrected chi connectivity index (χ0v) is 21.0. The molecule has 0 bridgehead atoms. The number of benzene rings is 1. The van der Waals surface area contributed by atoms with Crippen molar-refractivity contribution in [3.63, 3.8) is 0 Å². The topological polar surface area (TPSA) is 39.3 Å². The van der Waals surface area contributed by atoms with Gasteiger partial charge in [0.25, 0.3) is 0 Å². The van der Waals surface area contributed by atoms with E-state index in [9.17, 15) is 4.79 Å². The van der Waals surface area contributed by atoms with E-state index in [1.54, 1.807) is 6.07 Å². The average Bonchev–Trinajstić information content (AvgIpc) is 3.56. The predicted octanol–water partition coefficient (Wildman–Crippen LogP) is 5.89. The van der Waals surface area contributed by atoms with Gasteiger partial charge in [0.05, 0.1) is 0 Å². The summed E-state index contributed by atoms with van der Waals surface area (Å²) in [6, 6.07) is 12.4. The SMILES string of the molecule is CC1(C)CC(c2cc(-c3cccc(=O)[nH]3)ccc2N2CCN(CC3CC3)CC2)CC(C)(C)C1. The fraction of sp³-hybridized carbons (Fsp3) is 0.621. The number of hydrogen-bond acceptors (Lipinski definition) is 3. The second-order valence-corrected chi connectivity index (χ2v) is 12.5. The van der Waals surface area contributed by atoms with Gasteiger partial charge in [0.15, 0.2) is 0 Å². The molecule has 178 valence electrons. The van der Waals surface area contributed by atoms with Gasteiger partial charge in [0, 0.05) is 50.2 Å². The molecule has 5 rings (SSSR count). The van der Waals surface area contributed by atoms with Crippen molar-refractivity contribution in [2.75, 3.05) is 37.6 Å². The summed E-state index contributed by atoms with van der Waals surface area (Å²) in [5, 5.41) is 0. The van der Waals surface area contributed by atoms with E-state index in [4.69, 9.17) is 0 Å². The molecular formula is C29H41N3O. The van der Waals surface area contributed by atoms with Gasteiger partial charge in [-0.1, -0.05) is 39.8 Å². The van der Waals surface area contributed by atoms with Crippen LogP contribution in [0.2, 0.25) is 0 Å². The molecule has 33 heavy (non-hydrogen) atoms. The zero-order chi connectivity index (χ0) is 23.2. The van der Waals surface area contributed by atoms with Crippen LogP contribution >= 0.6 is 0 Å². The van der Waals surface area contributed by atoms with Crippen LogP contribution in [0.15, 0.2) is 41.2 Å². The van der Waals surface area contributed by atoms with Crippen molar-refractivity contribution >= 4 is 5.69 Å². The van der Waals surface area contributed by atoms with Crippen LogP contribution < -0.4 is 10.5 Å². The second kappa shape index (κ2) is 8.61. The molecule has 2 heterocycles. The molecule has 2 aromatic rings. The highest BCUT2D eigenvalue weighted by molar-refractivity contribution is 5.67. The lowest BCUT2D eigenvalue weighted by molar-refractivity contribution is 0.0970. The average molecular weight is 448 g/mol. The first-order valence-corrected chi connectivity index (χ1v) is 13.0. The highest BCUT2D eigenvalue weighted by Crippen LogP contribution is 2.53. The summed E-state index contributed by atoms with van der Waals surface area (Å²) in [4.78, 5) is 20.3. The van der Waals surface area contributed by atoms with Gasteiger partial charge in [-0.3, -0.25) is 9.69 Å². The Kier molecular flexibility index (Phi) is 5.93. The number of aromatic amines is 1. The Bertz CT molecular complexity index is 1020. The van der Waals surface area contributed by atoms with Crippen LogP contribution in [0.3, 0.4) is 0 Å². The number of hydrogen-bond donors (Lipinski definition) is 1. The fourth-order valence-corrected chi connectivity index (χ4v) is 6.86. The number of anilines is 1. The van der Waals surface area contributed by atoms with Crippen molar-refractivity contribution in [1.29, 1.82) is 0 Å². The van der Waals surface area contributed by atoms with E-state index in [0.29, 0.717) is 16.7 Å². The van der Waals surface area contributed by atoms with E-state index in [-0.39, 0.29) is 5.56 Å². The number of aromatic nitrogens is 1. The van der Waals surface area contributed by atoms with Gasteiger partial charge < -0.3 is 9.88 Å². The minimum atomic E-state index is -0.0372. The molecule has 4 nitrogen and oxygen atoms in total. The third-order valence-corrected chi connectivity index (χ3v) is 8.03. The molecule has 0 spiro atoms.